The van der Waals surface area contributed by atoms with Crippen molar-refractivity contribution in [1.82, 2.24) is 0 Å². The van der Waals surface area contributed by atoms with Gasteiger partial charge in [-0.05, 0) is 48.7 Å². The average molecular weight is 282 g/mol. The van der Waals surface area contributed by atoms with Crippen LogP contribution in [0.15, 0.2) is 36.4 Å². The molecule has 0 aliphatic rings. The zero-order chi connectivity index (χ0) is 14.2. The molecule has 0 spiro atoms. The number of benzene rings is 2. The van der Waals surface area contributed by atoms with Gasteiger partial charge >= 0.3 is 0 Å². The van der Waals surface area contributed by atoms with Gasteiger partial charge < -0.3 is 5.73 Å². The molecule has 1 nitrogen and oxygen atoms in total. The van der Waals surface area contributed by atoms with Crippen LogP contribution in [0.5, 0.6) is 0 Å². The van der Waals surface area contributed by atoms with Crippen LogP contribution in [0, 0.1) is 18.6 Å². The van der Waals surface area contributed by atoms with Crippen molar-refractivity contribution in [2.45, 2.75) is 19.4 Å². The third-order valence-electron chi connectivity index (χ3n) is 3.23. The number of hydrogen-bond donors (Lipinski definition) is 1. The molecule has 2 rings (SSSR count). The van der Waals surface area contributed by atoms with Gasteiger partial charge in [-0.25, -0.2) is 8.78 Å². The molecule has 0 bridgehead atoms. The van der Waals surface area contributed by atoms with E-state index in [0.29, 0.717) is 16.1 Å². The van der Waals surface area contributed by atoms with Crippen molar-refractivity contribution >= 4 is 11.6 Å². The Kier molecular flexibility index (Phi) is 3.61. The summed E-state index contributed by atoms with van der Waals surface area (Å²) in [6.07, 6.45) is 0. The standard InChI is InChI=1S/C15H14ClF2N/c1-9-3-4-10(7-14(9)16)15(2,19)11-5-12(17)8-13(18)6-11/h3-8H,19H2,1-2H3. The van der Waals surface area contributed by atoms with Gasteiger partial charge in [-0.1, -0.05) is 23.7 Å². The second kappa shape index (κ2) is 4.91. The molecule has 2 N–H and O–H groups in total. The minimum absolute atomic E-state index is 0.366. The first-order valence-corrected chi connectivity index (χ1v) is 6.20. The predicted octanol–water partition coefficient (Wildman–Crippen LogP) is 4.15. The SMILES string of the molecule is Cc1ccc(C(C)(N)c2cc(F)cc(F)c2)cc1Cl. The first-order chi connectivity index (χ1) is 8.80. The zero-order valence-electron chi connectivity index (χ0n) is 10.7. The molecule has 0 fully saturated rings. The van der Waals surface area contributed by atoms with Crippen LogP contribution in [0.25, 0.3) is 0 Å². The maximum atomic E-state index is 13.3. The molecule has 2 aromatic carbocycles. The van der Waals surface area contributed by atoms with Crippen molar-refractivity contribution in [2.75, 3.05) is 0 Å². The fourth-order valence-corrected chi connectivity index (χ4v) is 2.12. The van der Waals surface area contributed by atoms with Gasteiger partial charge in [-0.3, -0.25) is 0 Å². The fraction of sp³-hybridized carbons (Fsp3) is 0.200. The molecule has 0 radical (unpaired) electrons. The van der Waals surface area contributed by atoms with E-state index in [1.165, 1.54) is 12.1 Å². The van der Waals surface area contributed by atoms with Crippen LogP contribution >= 0.6 is 11.6 Å². The van der Waals surface area contributed by atoms with Crippen molar-refractivity contribution in [3.05, 3.63) is 69.7 Å². The van der Waals surface area contributed by atoms with Crippen molar-refractivity contribution in [2.24, 2.45) is 5.73 Å². The monoisotopic (exact) mass is 281 g/mol. The molecule has 2 aromatic rings. The lowest BCUT2D eigenvalue weighted by molar-refractivity contribution is 0.550. The average Bonchev–Trinajstić information content (AvgIpc) is 2.31. The molecule has 0 saturated carbocycles. The van der Waals surface area contributed by atoms with Gasteiger partial charge in [0, 0.05) is 11.1 Å². The van der Waals surface area contributed by atoms with E-state index in [2.05, 4.69) is 0 Å². The van der Waals surface area contributed by atoms with Gasteiger partial charge in [0.15, 0.2) is 0 Å². The Hall–Kier alpha value is -1.45. The Labute approximate surface area is 116 Å². The second-order valence-corrected chi connectivity index (χ2v) is 5.23. The van der Waals surface area contributed by atoms with Crippen molar-refractivity contribution in [3.8, 4) is 0 Å². The number of rotatable bonds is 2. The molecule has 0 saturated heterocycles. The largest absolute Gasteiger partial charge is 0.318 e. The summed E-state index contributed by atoms with van der Waals surface area (Å²) in [6, 6.07) is 8.65. The molecule has 0 aliphatic heterocycles. The van der Waals surface area contributed by atoms with Crippen molar-refractivity contribution < 1.29 is 8.78 Å². The smallest absolute Gasteiger partial charge is 0.126 e. The summed E-state index contributed by atoms with van der Waals surface area (Å²) in [5.74, 6) is -1.30. The Morgan fingerprint density at radius 2 is 1.58 bits per heavy atom. The van der Waals surface area contributed by atoms with Crippen LogP contribution in [0.1, 0.15) is 23.6 Å². The van der Waals surface area contributed by atoms with Crippen LogP contribution in [-0.4, -0.2) is 0 Å². The maximum Gasteiger partial charge on any atom is 0.126 e. The van der Waals surface area contributed by atoms with Gasteiger partial charge in [-0.15, -0.1) is 0 Å². The minimum atomic E-state index is -1.01. The summed E-state index contributed by atoms with van der Waals surface area (Å²) >= 11 is 6.07. The molecule has 0 heterocycles. The van der Waals surface area contributed by atoms with Gasteiger partial charge in [0.05, 0.1) is 5.54 Å². The van der Waals surface area contributed by atoms with E-state index in [0.717, 1.165) is 11.6 Å². The third kappa shape index (κ3) is 2.77. The summed E-state index contributed by atoms with van der Waals surface area (Å²) in [5, 5.41) is 0.575. The first-order valence-electron chi connectivity index (χ1n) is 5.83. The Morgan fingerprint density at radius 1 is 1.00 bits per heavy atom. The van der Waals surface area contributed by atoms with Crippen LogP contribution < -0.4 is 5.73 Å². The molecule has 100 valence electrons. The molecule has 1 atom stereocenters. The quantitative estimate of drug-likeness (QED) is 0.879. The number of nitrogens with two attached hydrogens (primary N) is 1. The molecule has 0 amide bonds. The number of halogens is 3. The van der Waals surface area contributed by atoms with Gasteiger partial charge in [-0.2, -0.15) is 0 Å². The van der Waals surface area contributed by atoms with E-state index in [9.17, 15) is 8.78 Å². The minimum Gasteiger partial charge on any atom is -0.318 e. The number of aryl methyl sites for hydroxylation is 1. The van der Waals surface area contributed by atoms with Gasteiger partial charge in [0.1, 0.15) is 11.6 Å². The summed E-state index contributed by atoms with van der Waals surface area (Å²) in [4.78, 5) is 0. The molecular weight excluding hydrogens is 268 g/mol. The van der Waals surface area contributed by atoms with Crippen LogP contribution in [0.2, 0.25) is 5.02 Å². The van der Waals surface area contributed by atoms with E-state index in [1.54, 1.807) is 13.0 Å². The van der Waals surface area contributed by atoms with E-state index in [4.69, 9.17) is 17.3 Å². The Balaban J connectivity index is 2.54. The van der Waals surface area contributed by atoms with E-state index in [-0.39, 0.29) is 0 Å². The van der Waals surface area contributed by atoms with E-state index < -0.39 is 17.2 Å². The molecule has 1 unspecified atom stereocenters. The topological polar surface area (TPSA) is 26.0 Å². The van der Waals surface area contributed by atoms with Crippen molar-refractivity contribution in [1.29, 1.82) is 0 Å². The lowest BCUT2D eigenvalue weighted by Gasteiger charge is -2.26. The molecule has 0 aliphatic carbocycles. The highest BCUT2D eigenvalue weighted by Crippen LogP contribution is 2.30. The highest BCUT2D eigenvalue weighted by molar-refractivity contribution is 6.31. The van der Waals surface area contributed by atoms with Crippen LogP contribution in [0.3, 0.4) is 0 Å². The van der Waals surface area contributed by atoms with E-state index in [1.807, 2.05) is 19.1 Å². The summed E-state index contributed by atoms with van der Waals surface area (Å²) in [6.45, 7) is 3.57. The Bertz CT molecular complexity index is 603. The maximum absolute atomic E-state index is 13.3. The third-order valence-corrected chi connectivity index (χ3v) is 3.64. The first kappa shape index (κ1) is 14.0. The summed E-state index contributed by atoms with van der Waals surface area (Å²) < 4.78 is 26.6. The lowest BCUT2D eigenvalue weighted by atomic mass is 9.85. The Morgan fingerprint density at radius 3 is 2.11 bits per heavy atom. The predicted molar refractivity (Wildman–Crippen MR) is 73.2 cm³/mol. The molecule has 19 heavy (non-hydrogen) atoms. The highest BCUT2D eigenvalue weighted by Gasteiger charge is 2.25. The zero-order valence-corrected chi connectivity index (χ0v) is 11.4. The van der Waals surface area contributed by atoms with Crippen molar-refractivity contribution in [3.63, 3.8) is 0 Å². The van der Waals surface area contributed by atoms with E-state index >= 15 is 0 Å². The summed E-state index contributed by atoms with van der Waals surface area (Å²) in [7, 11) is 0. The normalized spacial score (nSPS) is 14.2. The molecule has 0 aromatic heterocycles. The summed E-state index contributed by atoms with van der Waals surface area (Å²) in [5.41, 5.74) is 7.20. The highest BCUT2D eigenvalue weighted by atomic mass is 35.5. The molecule has 4 heteroatoms. The van der Waals surface area contributed by atoms with Gasteiger partial charge in [0.2, 0.25) is 0 Å². The second-order valence-electron chi connectivity index (χ2n) is 4.82. The molecular formula is C15H14ClF2N. The lowest BCUT2D eigenvalue weighted by Crippen LogP contribution is -2.34. The fourth-order valence-electron chi connectivity index (χ4n) is 1.94. The van der Waals surface area contributed by atoms with Crippen LogP contribution in [0.4, 0.5) is 8.78 Å². The number of hydrogen-bond acceptors (Lipinski definition) is 1. The van der Waals surface area contributed by atoms with Crippen LogP contribution in [-0.2, 0) is 5.54 Å². The van der Waals surface area contributed by atoms with Gasteiger partial charge in [0.25, 0.3) is 0 Å².